The molecule has 1 aromatic heterocycles. The molecule has 5 nitrogen and oxygen atoms in total. The van der Waals surface area contributed by atoms with Crippen molar-refractivity contribution in [3.8, 4) is 5.75 Å². The van der Waals surface area contributed by atoms with Gasteiger partial charge in [0.15, 0.2) is 5.54 Å². The molecule has 0 bridgehead atoms. The van der Waals surface area contributed by atoms with E-state index in [9.17, 15) is 4.79 Å². The normalized spacial score (nSPS) is 31.9. The third-order valence-electron chi connectivity index (χ3n) is 4.05. The molecule has 3 heterocycles. The molecule has 1 amide bonds. The third-order valence-corrected chi connectivity index (χ3v) is 4.05. The first-order valence-electron chi connectivity index (χ1n) is 5.96. The minimum Gasteiger partial charge on any atom is -0.485 e. The Morgan fingerprint density at radius 3 is 2.89 bits per heavy atom. The molecule has 1 aromatic rings. The molecule has 2 aliphatic heterocycles. The van der Waals surface area contributed by atoms with Crippen LogP contribution in [0.2, 0.25) is 0 Å². The largest absolute Gasteiger partial charge is 0.485 e. The summed E-state index contributed by atoms with van der Waals surface area (Å²) in [6.45, 7) is 5.93. The van der Waals surface area contributed by atoms with Crippen molar-refractivity contribution in [3.05, 3.63) is 24.0 Å². The Morgan fingerprint density at radius 2 is 2.22 bits per heavy atom. The van der Waals surface area contributed by atoms with Gasteiger partial charge in [0.1, 0.15) is 11.4 Å². The Morgan fingerprint density at radius 1 is 1.44 bits per heavy atom. The van der Waals surface area contributed by atoms with E-state index in [1.165, 1.54) is 6.34 Å². The lowest BCUT2D eigenvalue weighted by molar-refractivity contribution is -0.131. The van der Waals surface area contributed by atoms with Crippen LogP contribution in [0.15, 0.2) is 23.5 Å². The monoisotopic (exact) mass is 245 g/mol. The second-order valence-corrected chi connectivity index (χ2v) is 5.30. The van der Waals surface area contributed by atoms with E-state index in [0.29, 0.717) is 5.75 Å². The van der Waals surface area contributed by atoms with Crippen molar-refractivity contribution < 1.29 is 9.53 Å². The highest BCUT2D eigenvalue weighted by Gasteiger charge is 2.57. The van der Waals surface area contributed by atoms with Gasteiger partial charge < -0.3 is 10.1 Å². The van der Waals surface area contributed by atoms with E-state index in [0.717, 1.165) is 5.56 Å². The van der Waals surface area contributed by atoms with Gasteiger partial charge in [-0.1, -0.05) is 6.92 Å². The van der Waals surface area contributed by atoms with Crippen LogP contribution in [0.5, 0.6) is 5.75 Å². The molecular formula is C13H15N3O2. The smallest absolute Gasteiger partial charge is 0.258 e. The summed E-state index contributed by atoms with van der Waals surface area (Å²) in [5.41, 5.74) is -0.578. The van der Waals surface area contributed by atoms with Crippen molar-refractivity contribution >= 4 is 12.2 Å². The number of carbonyl (C=O) groups excluding carboxylic acids is 1. The Kier molecular flexibility index (Phi) is 2.06. The fraction of sp³-hybridized carbons (Fsp3) is 0.462. The zero-order chi connectivity index (χ0) is 13.0. The van der Waals surface area contributed by atoms with Gasteiger partial charge in [-0.3, -0.25) is 14.8 Å². The molecule has 0 saturated heterocycles. The van der Waals surface area contributed by atoms with Gasteiger partial charge in [0.05, 0.1) is 12.5 Å². The van der Waals surface area contributed by atoms with E-state index in [1.54, 1.807) is 12.4 Å². The number of carbonyl (C=O) groups is 1. The molecule has 18 heavy (non-hydrogen) atoms. The number of nitrogens with one attached hydrogen (secondary N) is 1. The van der Waals surface area contributed by atoms with E-state index in [2.05, 4.69) is 15.3 Å². The molecule has 2 atom stereocenters. The summed E-state index contributed by atoms with van der Waals surface area (Å²) in [6.07, 6.45) is 4.78. The maximum atomic E-state index is 12.3. The molecule has 2 aliphatic rings. The zero-order valence-corrected chi connectivity index (χ0v) is 10.6. The lowest BCUT2D eigenvalue weighted by Gasteiger charge is -2.46. The molecule has 0 fully saturated rings. The second-order valence-electron chi connectivity index (χ2n) is 5.30. The Bertz CT molecular complexity index is 553. The summed E-state index contributed by atoms with van der Waals surface area (Å²) < 4.78 is 5.95. The highest BCUT2D eigenvalue weighted by molar-refractivity contribution is 6.01. The number of hydrogen-bond donors (Lipinski definition) is 1. The molecule has 0 aliphatic carbocycles. The summed E-state index contributed by atoms with van der Waals surface area (Å²) in [6, 6.07) is 1.81. The molecule has 0 radical (unpaired) electrons. The third kappa shape index (κ3) is 1.19. The molecule has 1 N–H and O–H groups in total. The van der Waals surface area contributed by atoms with Crippen molar-refractivity contribution in [2.75, 3.05) is 0 Å². The first kappa shape index (κ1) is 11.2. The van der Waals surface area contributed by atoms with Gasteiger partial charge in [0.2, 0.25) is 0 Å². The fourth-order valence-electron chi connectivity index (χ4n) is 2.75. The van der Waals surface area contributed by atoms with Gasteiger partial charge in [-0.25, -0.2) is 0 Å². The van der Waals surface area contributed by atoms with Crippen molar-refractivity contribution in [3.63, 3.8) is 0 Å². The Hall–Kier alpha value is -1.91. The van der Waals surface area contributed by atoms with Crippen molar-refractivity contribution in [1.29, 1.82) is 0 Å². The summed E-state index contributed by atoms with van der Waals surface area (Å²) >= 11 is 0. The van der Waals surface area contributed by atoms with Gasteiger partial charge in [0, 0.05) is 17.7 Å². The molecule has 1 spiro atoms. The summed E-state index contributed by atoms with van der Waals surface area (Å²) in [5.74, 6) is 0.465. The van der Waals surface area contributed by atoms with E-state index in [4.69, 9.17) is 4.74 Å². The van der Waals surface area contributed by atoms with Gasteiger partial charge in [-0.15, -0.1) is 0 Å². The number of aliphatic imine (C=N–C) groups is 1. The van der Waals surface area contributed by atoms with E-state index < -0.39 is 11.1 Å². The standard InChI is InChI=1S/C13H15N3O2/c1-8-12(2,3)18-10-6-14-5-4-9(10)13(8)11(17)15-7-16-13/h4-8H,1-3H3,(H,15,16,17). The predicted molar refractivity (Wildman–Crippen MR) is 66.4 cm³/mol. The van der Waals surface area contributed by atoms with Crippen LogP contribution in [0.25, 0.3) is 0 Å². The maximum absolute atomic E-state index is 12.3. The molecule has 94 valence electrons. The van der Waals surface area contributed by atoms with Gasteiger partial charge >= 0.3 is 0 Å². The van der Waals surface area contributed by atoms with Crippen LogP contribution in [-0.4, -0.2) is 22.8 Å². The van der Waals surface area contributed by atoms with Crippen LogP contribution < -0.4 is 10.1 Å². The number of rotatable bonds is 0. The van der Waals surface area contributed by atoms with Crippen LogP contribution in [-0.2, 0) is 10.3 Å². The lowest BCUT2D eigenvalue weighted by Crippen LogP contribution is -2.55. The van der Waals surface area contributed by atoms with Crippen LogP contribution >= 0.6 is 0 Å². The highest BCUT2D eigenvalue weighted by Crippen LogP contribution is 2.50. The van der Waals surface area contributed by atoms with Crippen LogP contribution in [0, 0.1) is 5.92 Å². The van der Waals surface area contributed by atoms with Crippen molar-refractivity contribution in [1.82, 2.24) is 10.3 Å². The minimum absolute atomic E-state index is 0.0707. The van der Waals surface area contributed by atoms with Gasteiger partial charge in [-0.2, -0.15) is 0 Å². The van der Waals surface area contributed by atoms with Crippen molar-refractivity contribution in [2.24, 2.45) is 10.9 Å². The van der Waals surface area contributed by atoms with Gasteiger partial charge in [0.25, 0.3) is 5.91 Å². The first-order valence-corrected chi connectivity index (χ1v) is 5.96. The highest BCUT2D eigenvalue weighted by atomic mass is 16.5. The molecule has 0 saturated carbocycles. The van der Waals surface area contributed by atoms with E-state index >= 15 is 0 Å². The van der Waals surface area contributed by atoms with Crippen LogP contribution in [0.1, 0.15) is 26.3 Å². The molecular weight excluding hydrogens is 230 g/mol. The topological polar surface area (TPSA) is 63.6 Å². The molecule has 0 aromatic carbocycles. The van der Waals surface area contributed by atoms with Crippen LogP contribution in [0.4, 0.5) is 0 Å². The number of ether oxygens (including phenoxy) is 1. The molecule has 2 unspecified atom stereocenters. The summed E-state index contributed by atoms with van der Waals surface area (Å²) in [4.78, 5) is 20.8. The quantitative estimate of drug-likeness (QED) is 0.748. The number of nitrogens with zero attached hydrogens (tertiary/aromatic N) is 2. The lowest BCUT2D eigenvalue weighted by atomic mass is 9.69. The maximum Gasteiger partial charge on any atom is 0.258 e. The average molecular weight is 245 g/mol. The minimum atomic E-state index is -0.889. The van der Waals surface area contributed by atoms with E-state index in [1.807, 2.05) is 26.8 Å². The van der Waals surface area contributed by atoms with E-state index in [-0.39, 0.29) is 11.8 Å². The number of amides is 1. The SMILES string of the molecule is CC1C(C)(C)Oc2cnccc2C12N=CNC2=O. The Balaban J connectivity index is 2.29. The second kappa shape index (κ2) is 3.31. The number of pyridine rings is 1. The number of fused-ring (bicyclic) bond motifs is 2. The summed E-state index contributed by atoms with van der Waals surface area (Å²) in [5, 5.41) is 2.68. The van der Waals surface area contributed by atoms with Crippen LogP contribution in [0.3, 0.4) is 0 Å². The summed E-state index contributed by atoms with van der Waals surface area (Å²) in [7, 11) is 0. The number of hydrogen-bond acceptors (Lipinski definition) is 4. The van der Waals surface area contributed by atoms with Gasteiger partial charge in [-0.05, 0) is 19.9 Å². The predicted octanol–water partition coefficient (Wildman–Crippen LogP) is 1.24. The Labute approximate surface area is 105 Å². The number of aromatic nitrogens is 1. The molecule has 3 rings (SSSR count). The fourth-order valence-corrected chi connectivity index (χ4v) is 2.75. The zero-order valence-electron chi connectivity index (χ0n) is 10.6. The average Bonchev–Trinajstić information content (AvgIpc) is 2.70. The molecule has 5 heteroatoms. The first-order chi connectivity index (χ1) is 8.48. The van der Waals surface area contributed by atoms with Crippen molar-refractivity contribution in [2.45, 2.75) is 31.9 Å².